The number of ketones is 3. The fraction of sp³-hybridized carbons (Fsp3) is 0.345. The van der Waals surface area contributed by atoms with Crippen molar-refractivity contribution in [3.05, 3.63) is 59.7 Å². The Kier molecular flexibility index (Phi) is 13.1. The predicted octanol–water partition coefficient (Wildman–Crippen LogP) is 4.21. The van der Waals surface area contributed by atoms with Gasteiger partial charge in [-0.15, -0.1) is 5.26 Å². The molecule has 0 bridgehead atoms. The molecule has 2 aromatic rings. The standard InChI is InChI=1S/C29H28N2O9/c1-20(33)23(15-26(35)17-39-28(36)21-7-11-24(12-8-21)31-19-32)5-3-2-4-6-25(34)16-38-29(37)22-9-13-27(14-10-22)40-18-30/h7-14,23H,2-6,15-17H2,1H3. The fourth-order valence-electron chi connectivity index (χ4n) is 3.64. The number of rotatable bonds is 17. The number of aliphatic imine (C=N–C) groups is 1. The molecule has 40 heavy (non-hydrogen) atoms. The number of esters is 2. The van der Waals surface area contributed by atoms with Crippen LogP contribution in [0.3, 0.4) is 0 Å². The van der Waals surface area contributed by atoms with Crippen molar-refractivity contribution in [1.29, 1.82) is 5.26 Å². The first-order valence-corrected chi connectivity index (χ1v) is 12.5. The van der Waals surface area contributed by atoms with E-state index in [4.69, 9.17) is 14.7 Å². The van der Waals surface area contributed by atoms with Gasteiger partial charge < -0.3 is 14.2 Å². The zero-order chi connectivity index (χ0) is 29.3. The summed E-state index contributed by atoms with van der Waals surface area (Å²) in [5.74, 6) is -2.41. The van der Waals surface area contributed by atoms with Crippen LogP contribution >= 0.6 is 0 Å². The SMILES string of the molecule is CC(=O)C(CCCCCC(=O)COC(=O)c1ccc(OC#N)cc1)CC(=O)COC(=O)c1ccc(N=C=O)cc1. The second-order valence-corrected chi connectivity index (χ2v) is 8.81. The Morgan fingerprint density at radius 3 is 1.95 bits per heavy atom. The van der Waals surface area contributed by atoms with Crippen LogP contribution in [0.5, 0.6) is 5.75 Å². The highest BCUT2D eigenvalue weighted by atomic mass is 16.5. The van der Waals surface area contributed by atoms with E-state index in [9.17, 15) is 28.8 Å². The van der Waals surface area contributed by atoms with Crippen molar-refractivity contribution >= 4 is 41.1 Å². The van der Waals surface area contributed by atoms with Crippen LogP contribution in [0.2, 0.25) is 0 Å². The summed E-state index contributed by atoms with van der Waals surface area (Å²) < 4.78 is 14.7. The van der Waals surface area contributed by atoms with Gasteiger partial charge in [0.2, 0.25) is 6.08 Å². The lowest BCUT2D eigenvalue weighted by Crippen LogP contribution is -2.21. The van der Waals surface area contributed by atoms with Crippen molar-refractivity contribution in [3.8, 4) is 12.0 Å². The van der Waals surface area contributed by atoms with Gasteiger partial charge in [0.15, 0.2) is 11.6 Å². The maximum atomic E-state index is 12.3. The van der Waals surface area contributed by atoms with Crippen molar-refractivity contribution in [2.24, 2.45) is 10.9 Å². The molecule has 208 valence electrons. The average molecular weight is 549 g/mol. The van der Waals surface area contributed by atoms with Crippen molar-refractivity contribution < 1.29 is 43.0 Å². The Labute approximate surface area is 230 Å². The smallest absolute Gasteiger partial charge is 0.338 e. The maximum Gasteiger partial charge on any atom is 0.338 e. The molecule has 11 heteroatoms. The Bertz CT molecular complexity index is 1290. The minimum Gasteiger partial charge on any atom is -0.454 e. The van der Waals surface area contributed by atoms with Gasteiger partial charge in [-0.1, -0.05) is 12.8 Å². The third-order valence-corrected chi connectivity index (χ3v) is 5.82. The molecule has 0 aromatic heterocycles. The highest BCUT2D eigenvalue weighted by Crippen LogP contribution is 2.18. The van der Waals surface area contributed by atoms with Gasteiger partial charge in [0.05, 0.1) is 16.8 Å². The number of Topliss-reactive ketones (excluding diaryl/α,β-unsaturated/α-hetero) is 3. The van der Waals surface area contributed by atoms with E-state index in [1.54, 1.807) is 0 Å². The highest BCUT2D eigenvalue weighted by Gasteiger charge is 2.20. The summed E-state index contributed by atoms with van der Waals surface area (Å²) in [6.45, 7) is 0.562. The molecule has 0 aliphatic rings. The normalized spacial score (nSPS) is 10.8. The van der Waals surface area contributed by atoms with E-state index < -0.39 is 24.5 Å². The molecule has 1 unspecified atom stereocenters. The van der Waals surface area contributed by atoms with Gasteiger partial charge in [-0.05, 0) is 68.3 Å². The quantitative estimate of drug-likeness (QED) is 0.0918. The third-order valence-electron chi connectivity index (χ3n) is 5.82. The van der Waals surface area contributed by atoms with Crippen LogP contribution in [-0.2, 0) is 28.7 Å². The number of carbonyl (C=O) groups excluding carboxylic acids is 6. The van der Waals surface area contributed by atoms with Crippen molar-refractivity contribution in [2.45, 2.75) is 45.4 Å². The van der Waals surface area contributed by atoms with E-state index in [0.29, 0.717) is 31.4 Å². The molecule has 11 nitrogen and oxygen atoms in total. The lowest BCUT2D eigenvalue weighted by molar-refractivity contribution is -0.128. The largest absolute Gasteiger partial charge is 0.454 e. The van der Waals surface area contributed by atoms with Gasteiger partial charge in [-0.3, -0.25) is 14.4 Å². The van der Waals surface area contributed by atoms with Crippen LogP contribution in [0.1, 0.15) is 66.2 Å². The molecular formula is C29H28N2O9. The van der Waals surface area contributed by atoms with Crippen LogP contribution in [-0.4, -0.2) is 48.6 Å². The number of hydrogen-bond donors (Lipinski definition) is 0. The van der Waals surface area contributed by atoms with Crippen molar-refractivity contribution in [1.82, 2.24) is 0 Å². The van der Waals surface area contributed by atoms with Gasteiger partial charge in [0.1, 0.15) is 24.7 Å². The minimum atomic E-state index is -0.715. The molecule has 2 rings (SSSR count). The first-order chi connectivity index (χ1) is 19.2. The maximum absolute atomic E-state index is 12.3. The lowest BCUT2D eigenvalue weighted by atomic mass is 9.92. The summed E-state index contributed by atoms with van der Waals surface area (Å²) in [5.41, 5.74) is 0.732. The predicted molar refractivity (Wildman–Crippen MR) is 139 cm³/mol. The summed E-state index contributed by atoms with van der Waals surface area (Å²) in [6.07, 6.45) is 5.27. The molecule has 0 N–H and O–H groups in total. The first kappa shape index (κ1) is 31.3. The molecule has 0 aliphatic heterocycles. The van der Waals surface area contributed by atoms with Gasteiger partial charge in [-0.2, -0.15) is 4.99 Å². The Morgan fingerprint density at radius 2 is 1.40 bits per heavy atom. The molecule has 0 saturated carbocycles. The van der Waals surface area contributed by atoms with E-state index in [1.165, 1.54) is 67.8 Å². The number of benzene rings is 2. The molecule has 0 amide bonds. The van der Waals surface area contributed by atoms with E-state index in [2.05, 4.69) is 9.73 Å². The number of hydrogen-bond acceptors (Lipinski definition) is 11. The summed E-state index contributed by atoms with van der Waals surface area (Å²) in [4.78, 5) is 74.2. The molecule has 1 atom stereocenters. The van der Waals surface area contributed by atoms with Gasteiger partial charge >= 0.3 is 11.9 Å². The van der Waals surface area contributed by atoms with E-state index in [1.807, 2.05) is 0 Å². The highest BCUT2D eigenvalue weighted by molar-refractivity contribution is 5.93. The summed E-state index contributed by atoms with van der Waals surface area (Å²) in [6, 6.07) is 11.4. The zero-order valence-corrected chi connectivity index (χ0v) is 21.9. The Hall–Kier alpha value is -4.94. The average Bonchev–Trinajstić information content (AvgIpc) is 2.94. The number of unbranched alkanes of at least 4 members (excludes halogenated alkanes) is 2. The molecule has 2 aromatic carbocycles. The van der Waals surface area contributed by atoms with Crippen LogP contribution in [0.15, 0.2) is 53.5 Å². The molecular weight excluding hydrogens is 520 g/mol. The molecule has 0 saturated heterocycles. The van der Waals surface area contributed by atoms with Crippen molar-refractivity contribution in [2.75, 3.05) is 13.2 Å². The molecule has 0 spiro atoms. The van der Waals surface area contributed by atoms with E-state index in [0.717, 1.165) is 0 Å². The van der Waals surface area contributed by atoms with Crippen LogP contribution in [0.25, 0.3) is 0 Å². The minimum absolute atomic E-state index is 0.0614. The number of ether oxygens (including phenoxy) is 3. The Morgan fingerprint density at radius 1 is 0.825 bits per heavy atom. The van der Waals surface area contributed by atoms with Crippen LogP contribution in [0.4, 0.5) is 5.69 Å². The van der Waals surface area contributed by atoms with Crippen LogP contribution < -0.4 is 4.74 Å². The van der Waals surface area contributed by atoms with Crippen molar-refractivity contribution in [3.63, 3.8) is 0 Å². The van der Waals surface area contributed by atoms with Crippen LogP contribution in [0, 0.1) is 17.4 Å². The van der Waals surface area contributed by atoms with E-state index in [-0.39, 0.29) is 53.7 Å². The number of nitriles is 1. The summed E-state index contributed by atoms with van der Waals surface area (Å²) in [5, 5.41) is 8.47. The molecule has 0 heterocycles. The number of nitrogens with zero attached hydrogens (tertiary/aromatic N) is 2. The number of isocyanates is 1. The van der Waals surface area contributed by atoms with Gasteiger partial charge in [0.25, 0.3) is 6.26 Å². The Balaban J connectivity index is 1.65. The molecule has 0 aliphatic carbocycles. The summed E-state index contributed by atoms with van der Waals surface area (Å²) in [7, 11) is 0. The second kappa shape index (κ2) is 16.8. The number of carbonyl (C=O) groups is 5. The molecule has 0 fully saturated rings. The topological polar surface area (TPSA) is 166 Å². The second-order valence-electron chi connectivity index (χ2n) is 8.81. The monoisotopic (exact) mass is 548 g/mol. The summed E-state index contributed by atoms with van der Waals surface area (Å²) >= 11 is 0. The van der Waals surface area contributed by atoms with Gasteiger partial charge in [-0.25, -0.2) is 14.4 Å². The van der Waals surface area contributed by atoms with Gasteiger partial charge in [0, 0.05) is 18.8 Å². The first-order valence-electron chi connectivity index (χ1n) is 12.5. The van der Waals surface area contributed by atoms with E-state index >= 15 is 0 Å². The fourth-order valence-corrected chi connectivity index (χ4v) is 3.64. The third kappa shape index (κ3) is 11.2. The lowest BCUT2D eigenvalue weighted by Gasteiger charge is -2.13. The molecule has 0 radical (unpaired) electrons. The zero-order valence-electron chi connectivity index (χ0n) is 21.9.